The summed E-state index contributed by atoms with van der Waals surface area (Å²) in [5.74, 6) is 0.754. The second kappa shape index (κ2) is 12.4. The van der Waals surface area contributed by atoms with Gasteiger partial charge in [0.25, 0.3) is 0 Å². The van der Waals surface area contributed by atoms with Crippen molar-refractivity contribution in [2.75, 3.05) is 18.2 Å². The van der Waals surface area contributed by atoms with Crippen molar-refractivity contribution < 1.29 is 14.3 Å². The monoisotopic (exact) mass is 533 g/mol. The zero-order valence-corrected chi connectivity index (χ0v) is 23.0. The van der Waals surface area contributed by atoms with Crippen LogP contribution in [0.5, 0.6) is 0 Å². The molecule has 2 aromatic heterocycles. The van der Waals surface area contributed by atoms with Crippen LogP contribution in [0, 0.1) is 17.2 Å². The molecule has 6 nitrogen and oxygen atoms in total. The Morgan fingerprint density at radius 2 is 2.03 bits per heavy atom. The first-order valence-electron chi connectivity index (χ1n) is 12.5. The third kappa shape index (κ3) is 6.60. The lowest BCUT2D eigenvalue weighted by atomic mass is 9.83. The Bertz CT molecular complexity index is 1310. The highest BCUT2D eigenvalue weighted by Gasteiger charge is 2.30. The Balaban J connectivity index is 1.44. The fourth-order valence-electron chi connectivity index (χ4n) is 4.64. The van der Waals surface area contributed by atoms with E-state index in [-0.39, 0.29) is 12.3 Å². The van der Waals surface area contributed by atoms with E-state index in [0.717, 1.165) is 41.8 Å². The summed E-state index contributed by atoms with van der Waals surface area (Å²) in [6.45, 7) is 4.26. The number of hydrogen-bond donors (Lipinski definition) is 1. The lowest BCUT2D eigenvalue weighted by molar-refractivity contribution is -0.115. The molecule has 0 saturated heterocycles. The van der Waals surface area contributed by atoms with Crippen molar-refractivity contribution in [2.24, 2.45) is 5.92 Å². The number of amides is 1. The minimum absolute atomic E-state index is 0.173. The number of pyridine rings is 1. The number of carbonyl (C=O) groups excluding carboxylic acids is 2. The number of anilines is 1. The van der Waals surface area contributed by atoms with Crippen LogP contribution in [0.4, 0.5) is 5.00 Å². The number of nitrogens with one attached hydrogen (secondary N) is 1. The first-order valence-corrected chi connectivity index (χ1v) is 14.3. The van der Waals surface area contributed by atoms with Gasteiger partial charge in [-0.25, -0.2) is 9.78 Å². The van der Waals surface area contributed by atoms with E-state index in [1.165, 1.54) is 35.8 Å². The minimum Gasteiger partial charge on any atom is -0.465 e. The van der Waals surface area contributed by atoms with Gasteiger partial charge >= 0.3 is 5.97 Å². The van der Waals surface area contributed by atoms with E-state index in [4.69, 9.17) is 4.74 Å². The number of rotatable bonds is 9. The van der Waals surface area contributed by atoms with Crippen LogP contribution in [0.25, 0.3) is 0 Å². The van der Waals surface area contributed by atoms with E-state index in [1.807, 2.05) is 12.1 Å². The molecule has 2 heterocycles. The maximum absolute atomic E-state index is 12.9. The maximum atomic E-state index is 12.9. The van der Waals surface area contributed by atoms with Crippen LogP contribution in [0.2, 0.25) is 0 Å². The number of thiophene rings is 1. The summed E-state index contributed by atoms with van der Waals surface area (Å²) in [6.07, 6.45) is 3.64. The predicted octanol–water partition coefficient (Wildman–Crippen LogP) is 6.39. The fraction of sp³-hybridized carbons (Fsp3) is 0.379. The summed E-state index contributed by atoms with van der Waals surface area (Å²) < 4.78 is 5.07. The lowest BCUT2D eigenvalue weighted by Crippen LogP contribution is -2.16. The van der Waals surface area contributed by atoms with Crippen molar-refractivity contribution in [1.29, 1.82) is 5.26 Å². The molecule has 192 valence electrons. The van der Waals surface area contributed by atoms with Crippen LogP contribution in [-0.4, -0.2) is 29.7 Å². The van der Waals surface area contributed by atoms with Crippen molar-refractivity contribution in [3.8, 4) is 6.07 Å². The Morgan fingerprint density at radius 3 is 2.73 bits per heavy atom. The highest BCUT2D eigenvalue weighted by molar-refractivity contribution is 7.99. The van der Waals surface area contributed by atoms with Gasteiger partial charge in [-0.15, -0.1) is 23.1 Å². The molecule has 1 unspecified atom stereocenters. The number of hydrogen-bond acceptors (Lipinski definition) is 7. The van der Waals surface area contributed by atoms with E-state index < -0.39 is 5.97 Å². The van der Waals surface area contributed by atoms with E-state index >= 15 is 0 Å². The maximum Gasteiger partial charge on any atom is 0.341 e. The molecule has 37 heavy (non-hydrogen) atoms. The molecule has 1 N–H and O–H groups in total. The highest BCUT2D eigenvalue weighted by atomic mass is 32.2. The molecule has 0 fully saturated rings. The number of benzene rings is 1. The molecule has 0 aliphatic heterocycles. The molecule has 8 heteroatoms. The number of aromatic nitrogens is 1. The van der Waals surface area contributed by atoms with Gasteiger partial charge in [-0.05, 0) is 60.8 Å². The molecular formula is C29H31N3O3S2. The number of methoxy groups -OCH3 is 1. The summed E-state index contributed by atoms with van der Waals surface area (Å²) in [7, 11) is 1.37. The van der Waals surface area contributed by atoms with Crippen molar-refractivity contribution in [1.82, 2.24) is 4.98 Å². The quantitative estimate of drug-likeness (QED) is 0.253. The number of esters is 1. The lowest BCUT2D eigenvalue weighted by Gasteiger charge is -2.22. The van der Waals surface area contributed by atoms with Crippen molar-refractivity contribution in [2.45, 2.75) is 56.9 Å². The molecule has 0 bridgehead atoms. The normalized spacial score (nSPS) is 14.6. The van der Waals surface area contributed by atoms with E-state index in [1.54, 1.807) is 6.07 Å². The molecule has 0 radical (unpaired) electrons. The van der Waals surface area contributed by atoms with Gasteiger partial charge in [-0.3, -0.25) is 4.79 Å². The van der Waals surface area contributed by atoms with Gasteiger partial charge in [0.05, 0.1) is 18.2 Å². The van der Waals surface area contributed by atoms with Gasteiger partial charge in [-0.1, -0.05) is 44.2 Å². The second-order valence-electron chi connectivity index (χ2n) is 9.56. The summed E-state index contributed by atoms with van der Waals surface area (Å²) in [4.78, 5) is 31.3. The number of fused-ring (bicyclic) bond motifs is 1. The van der Waals surface area contributed by atoms with Crippen LogP contribution in [0.3, 0.4) is 0 Å². The summed E-state index contributed by atoms with van der Waals surface area (Å²) in [5.41, 5.74) is 4.25. The van der Waals surface area contributed by atoms with E-state index in [9.17, 15) is 14.9 Å². The highest BCUT2D eigenvalue weighted by Crippen LogP contribution is 2.42. The third-order valence-electron chi connectivity index (χ3n) is 6.40. The Hall–Kier alpha value is -3.15. The molecule has 1 aliphatic carbocycles. The predicted molar refractivity (Wildman–Crippen MR) is 148 cm³/mol. The van der Waals surface area contributed by atoms with E-state index in [0.29, 0.717) is 38.7 Å². The molecule has 1 atom stereocenters. The van der Waals surface area contributed by atoms with Crippen LogP contribution in [0.15, 0.2) is 47.5 Å². The molecule has 1 aliphatic rings. The SMILES string of the molecule is COC(=O)c1c(NC(=O)CCSc2nc(CC(C)C)ccc2C#N)sc2c1CCC(c1ccccc1)C2. The number of carbonyl (C=O) groups is 2. The number of nitriles is 1. The molecule has 1 aromatic carbocycles. The zero-order chi connectivity index (χ0) is 26.4. The van der Waals surface area contributed by atoms with Crippen molar-refractivity contribution in [3.63, 3.8) is 0 Å². The van der Waals surface area contributed by atoms with Gasteiger partial charge in [-0.2, -0.15) is 5.26 Å². The summed E-state index contributed by atoms with van der Waals surface area (Å²) in [6, 6.07) is 16.3. The van der Waals surface area contributed by atoms with Gasteiger partial charge < -0.3 is 10.1 Å². The number of nitrogens with zero attached hydrogens (tertiary/aromatic N) is 2. The Kier molecular flexibility index (Phi) is 9.01. The van der Waals surface area contributed by atoms with Gasteiger partial charge in [0.15, 0.2) is 0 Å². The summed E-state index contributed by atoms with van der Waals surface area (Å²) >= 11 is 2.89. The van der Waals surface area contributed by atoms with Gasteiger partial charge in [0, 0.05) is 22.7 Å². The second-order valence-corrected chi connectivity index (χ2v) is 11.8. The summed E-state index contributed by atoms with van der Waals surface area (Å²) in [5, 5.41) is 13.6. The fourth-order valence-corrected chi connectivity index (χ4v) is 6.90. The first kappa shape index (κ1) is 26.9. The topological polar surface area (TPSA) is 92.1 Å². The molecule has 4 rings (SSSR count). The largest absolute Gasteiger partial charge is 0.465 e. The minimum atomic E-state index is -0.412. The molecule has 1 amide bonds. The first-order chi connectivity index (χ1) is 17.9. The van der Waals surface area contributed by atoms with Crippen LogP contribution in [0.1, 0.15) is 70.2 Å². The Labute approximate surface area is 226 Å². The van der Waals surface area contributed by atoms with Crippen LogP contribution in [-0.2, 0) is 28.8 Å². The van der Waals surface area contributed by atoms with Gasteiger partial charge in [0.2, 0.25) is 5.91 Å². The zero-order valence-electron chi connectivity index (χ0n) is 21.4. The van der Waals surface area contributed by atoms with Crippen LogP contribution >= 0.6 is 23.1 Å². The molecule has 0 saturated carbocycles. The van der Waals surface area contributed by atoms with Crippen LogP contribution < -0.4 is 5.32 Å². The third-order valence-corrected chi connectivity index (χ3v) is 8.57. The molecular weight excluding hydrogens is 502 g/mol. The van der Waals surface area contributed by atoms with Crippen molar-refractivity contribution >= 4 is 40.0 Å². The molecule has 3 aromatic rings. The molecule has 0 spiro atoms. The van der Waals surface area contributed by atoms with Gasteiger partial charge in [0.1, 0.15) is 16.1 Å². The smallest absolute Gasteiger partial charge is 0.341 e. The Morgan fingerprint density at radius 1 is 1.24 bits per heavy atom. The van der Waals surface area contributed by atoms with E-state index in [2.05, 4.69) is 54.5 Å². The van der Waals surface area contributed by atoms with Crippen molar-refractivity contribution in [3.05, 3.63) is 75.3 Å². The average Bonchev–Trinajstić information content (AvgIpc) is 3.25. The average molecular weight is 534 g/mol. The standard InChI is InChI=1S/C29H31N3O3S2/c1-18(2)15-22-11-9-21(17-30)27(31-22)36-14-13-25(33)32-28-26(29(34)35-3)23-12-10-20(16-24(23)37-28)19-7-5-4-6-8-19/h4-9,11,18,20H,10,12-16H2,1-3H3,(H,32,33). The number of ether oxygens (including phenoxy) is 1. The number of thioether (sulfide) groups is 1.